The molecule has 1 rings (SSSR count). The van der Waals surface area contributed by atoms with Crippen molar-refractivity contribution in [1.82, 2.24) is 0 Å². The molecule has 0 aromatic carbocycles. The molecule has 0 aliphatic heterocycles. The number of nitrogens with one attached hydrogen (secondary N) is 1. The van der Waals surface area contributed by atoms with Crippen molar-refractivity contribution < 1.29 is 4.90 Å². The van der Waals surface area contributed by atoms with E-state index in [0.717, 1.165) is 12.0 Å². The van der Waals surface area contributed by atoms with E-state index in [2.05, 4.69) is 21.0 Å². The van der Waals surface area contributed by atoms with Crippen molar-refractivity contribution in [2.24, 2.45) is 5.92 Å². The second-order valence-corrected chi connectivity index (χ2v) is 3.12. The monoisotopic (exact) mass is 113 g/mol. The van der Waals surface area contributed by atoms with E-state index in [9.17, 15) is 0 Å². The van der Waals surface area contributed by atoms with Crippen molar-refractivity contribution in [3.63, 3.8) is 0 Å². The molecule has 48 valence electrons. The zero-order valence-electron chi connectivity index (χ0n) is 5.78. The zero-order valence-corrected chi connectivity index (χ0v) is 5.78. The van der Waals surface area contributed by atoms with Gasteiger partial charge < -0.3 is 4.90 Å². The normalized spacial score (nSPS) is 40.9. The second kappa shape index (κ2) is 2.06. The van der Waals surface area contributed by atoms with E-state index >= 15 is 0 Å². The third-order valence-corrected chi connectivity index (χ3v) is 2.07. The summed E-state index contributed by atoms with van der Waals surface area (Å²) in [6, 6.07) is 0.866. The van der Waals surface area contributed by atoms with E-state index in [1.54, 1.807) is 0 Å². The van der Waals surface area contributed by atoms with Gasteiger partial charge in [0.25, 0.3) is 0 Å². The van der Waals surface area contributed by atoms with Crippen LogP contribution >= 0.6 is 0 Å². The summed E-state index contributed by atoms with van der Waals surface area (Å²) in [5.74, 6) is 0.969. The Morgan fingerprint density at radius 3 is 2.12 bits per heavy atom. The van der Waals surface area contributed by atoms with Gasteiger partial charge >= 0.3 is 0 Å². The van der Waals surface area contributed by atoms with Gasteiger partial charge in [-0.2, -0.15) is 7.05 Å². The van der Waals surface area contributed by atoms with Gasteiger partial charge in [-0.3, -0.25) is 0 Å². The summed E-state index contributed by atoms with van der Waals surface area (Å²) < 4.78 is 0. The first-order valence-corrected chi connectivity index (χ1v) is 3.35. The van der Waals surface area contributed by atoms with Crippen LogP contribution in [0, 0.1) is 13.0 Å². The van der Waals surface area contributed by atoms with Crippen molar-refractivity contribution in [3.05, 3.63) is 7.05 Å². The molecule has 0 amide bonds. The topological polar surface area (TPSA) is 4.44 Å². The predicted octanol–water partition coefficient (Wildman–Crippen LogP) is 0.0912. The Morgan fingerprint density at radius 1 is 1.50 bits per heavy atom. The summed E-state index contributed by atoms with van der Waals surface area (Å²) in [7, 11) is 6.05. The molecule has 1 atom stereocenters. The van der Waals surface area contributed by atoms with Gasteiger partial charge in [-0.05, 0) is 18.8 Å². The number of hydrogen-bond acceptors (Lipinski definition) is 0. The van der Waals surface area contributed by atoms with E-state index in [4.69, 9.17) is 0 Å². The Balaban J connectivity index is 2.15. The second-order valence-electron chi connectivity index (χ2n) is 3.12. The molecule has 0 aromatic heterocycles. The molecule has 1 aliphatic carbocycles. The zero-order chi connectivity index (χ0) is 6.15. The lowest BCUT2D eigenvalue weighted by Crippen LogP contribution is -3.09. The summed E-state index contributed by atoms with van der Waals surface area (Å²) in [6.07, 6.45) is 2.77. The van der Waals surface area contributed by atoms with E-state index in [1.165, 1.54) is 17.7 Å². The van der Waals surface area contributed by atoms with Gasteiger partial charge in [0, 0.05) is 7.05 Å². The molecule has 1 heteroatoms. The van der Waals surface area contributed by atoms with E-state index in [1.807, 2.05) is 0 Å². The Kier molecular flexibility index (Phi) is 1.57. The molecule has 0 bridgehead atoms. The summed E-state index contributed by atoms with van der Waals surface area (Å²) in [6.45, 7) is 2.31. The number of rotatable bonds is 1. The highest BCUT2D eigenvalue weighted by molar-refractivity contribution is 4.74. The minimum Gasteiger partial charge on any atom is -0.468 e. The molecule has 1 saturated carbocycles. The largest absolute Gasteiger partial charge is 0.468 e. The van der Waals surface area contributed by atoms with Crippen LogP contribution in [-0.4, -0.2) is 13.1 Å². The first-order valence-electron chi connectivity index (χ1n) is 3.35. The van der Waals surface area contributed by atoms with E-state index < -0.39 is 0 Å². The molecule has 8 heavy (non-hydrogen) atoms. The molecule has 1 aliphatic rings. The minimum atomic E-state index is 0.866. The van der Waals surface area contributed by atoms with Crippen LogP contribution in [0.25, 0.3) is 0 Å². The Bertz CT molecular complexity index is 72.5. The van der Waals surface area contributed by atoms with E-state index in [0.29, 0.717) is 0 Å². The molecule has 0 saturated heterocycles. The SMILES string of the molecule is [CH2-][NH+](C)C1CC(C)C1. The average Bonchev–Trinajstić information content (AvgIpc) is 1.57. The molecule has 0 aromatic rings. The third-order valence-electron chi connectivity index (χ3n) is 2.07. The van der Waals surface area contributed by atoms with Gasteiger partial charge in [0.1, 0.15) is 0 Å². The highest BCUT2D eigenvalue weighted by Gasteiger charge is 2.27. The molecule has 0 spiro atoms. The Hall–Kier alpha value is -0.0400. The van der Waals surface area contributed by atoms with Crippen LogP contribution in [0.5, 0.6) is 0 Å². The molecule has 1 fully saturated rings. The van der Waals surface area contributed by atoms with Crippen molar-refractivity contribution in [3.8, 4) is 0 Å². The highest BCUT2D eigenvalue weighted by atomic mass is 15.1. The maximum Gasteiger partial charge on any atom is 0.0638 e. The minimum absolute atomic E-state index is 0.866. The Morgan fingerprint density at radius 2 is 2.00 bits per heavy atom. The van der Waals surface area contributed by atoms with Crippen molar-refractivity contribution >= 4 is 0 Å². The Labute approximate surface area is 51.7 Å². The maximum atomic E-state index is 3.91. The van der Waals surface area contributed by atoms with Crippen LogP contribution < -0.4 is 4.90 Å². The lowest BCUT2D eigenvalue weighted by molar-refractivity contribution is -0.868. The average molecular weight is 113 g/mol. The van der Waals surface area contributed by atoms with Crippen LogP contribution in [-0.2, 0) is 0 Å². The first kappa shape index (κ1) is 6.09. The fourth-order valence-corrected chi connectivity index (χ4v) is 1.30. The van der Waals surface area contributed by atoms with Gasteiger partial charge in [0.15, 0.2) is 0 Å². The number of quaternary nitrogens is 1. The molecule has 1 nitrogen and oxygen atoms in total. The molecule has 0 radical (unpaired) electrons. The summed E-state index contributed by atoms with van der Waals surface area (Å²) in [5, 5.41) is 0. The lowest BCUT2D eigenvalue weighted by Gasteiger charge is -2.38. The third kappa shape index (κ3) is 1.03. The van der Waals surface area contributed by atoms with Gasteiger partial charge in [-0.15, -0.1) is 0 Å². The molecule has 1 N–H and O–H groups in total. The molecular weight excluding hydrogens is 98.1 g/mol. The fourth-order valence-electron chi connectivity index (χ4n) is 1.30. The quantitative estimate of drug-likeness (QED) is 0.460. The molecule has 0 heterocycles. The first-order chi connectivity index (χ1) is 3.70. The van der Waals surface area contributed by atoms with Crippen LogP contribution in [0.1, 0.15) is 19.8 Å². The summed E-state index contributed by atoms with van der Waals surface area (Å²) in [5.41, 5.74) is 0. The van der Waals surface area contributed by atoms with Crippen LogP contribution in [0.3, 0.4) is 0 Å². The van der Waals surface area contributed by atoms with Crippen LogP contribution in [0.15, 0.2) is 0 Å². The van der Waals surface area contributed by atoms with Crippen LogP contribution in [0.4, 0.5) is 0 Å². The van der Waals surface area contributed by atoms with E-state index in [-0.39, 0.29) is 0 Å². The standard InChI is InChI=1S/C7H15N/c1-6-4-7(5-6)8(2)3/h6-8H,2,4-5H2,1,3H3. The van der Waals surface area contributed by atoms with Gasteiger partial charge in [-0.1, -0.05) is 6.92 Å². The lowest BCUT2D eigenvalue weighted by atomic mass is 9.81. The van der Waals surface area contributed by atoms with Crippen LogP contribution in [0.2, 0.25) is 0 Å². The van der Waals surface area contributed by atoms with Gasteiger partial charge in [0.2, 0.25) is 0 Å². The molecule has 1 unspecified atom stereocenters. The highest BCUT2D eigenvalue weighted by Crippen LogP contribution is 2.23. The molecular formula is C7H15N. The summed E-state index contributed by atoms with van der Waals surface area (Å²) in [4.78, 5) is 1.38. The van der Waals surface area contributed by atoms with Crippen molar-refractivity contribution in [2.75, 3.05) is 7.05 Å². The van der Waals surface area contributed by atoms with Crippen molar-refractivity contribution in [2.45, 2.75) is 25.8 Å². The van der Waals surface area contributed by atoms with Gasteiger partial charge in [-0.25, -0.2) is 0 Å². The van der Waals surface area contributed by atoms with Gasteiger partial charge in [0.05, 0.1) is 6.04 Å². The number of hydrogen-bond donors (Lipinski definition) is 1. The maximum absolute atomic E-state index is 3.91. The predicted molar refractivity (Wildman–Crippen MR) is 34.4 cm³/mol. The fraction of sp³-hybridized carbons (Fsp3) is 0.857. The van der Waals surface area contributed by atoms with Crippen molar-refractivity contribution in [1.29, 1.82) is 0 Å². The summed E-state index contributed by atoms with van der Waals surface area (Å²) >= 11 is 0. The smallest absolute Gasteiger partial charge is 0.0638 e.